The number of hydrogen-bond acceptors (Lipinski definition) is 8. The summed E-state index contributed by atoms with van der Waals surface area (Å²) in [5, 5.41) is 2.27. The van der Waals surface area contributed by atoms with E-state index in [-0.39, 0.29) is 5.56 Å². The Morgan fingerprint density at radius 3 is 2.44 bits per heavy atom. The van der Waals surface area contributed by atoms with E-state index in [2.05, 4.69) is 10.3 Å². The molecule has 1 aliphatic rings. The summed E-state index contributed by atoms with van der Waals surface area (Å²) in [5.41, 5.74) is 0.124. The fourth-order valence-electron chi connectivity index (χ4n) is 3.38. The monoisotopic (exact) mass is 447 g/mol. The first-order chi connectivity index (χ1) is 15.1. The fourth-order valence-corrected chi connectivity index (χ4v) is 3.38. The van der Waals surface area contributed by atoms with Crippen LogP contribution in [0.5, 0.6) is 0 Å². The van der Waals surface area contributed by atoms with Crippen molar-refractivity contribution < 1.29 is 33.0 Å². The third-order valence-corrected chi connectivity index (χ3v) is 4.72. The Hall–Kier alpha value is -3.60. The standard InChI is InChI=1S/C21H22FN3O7/c1-10-6-5-7-14(8-10)19(28)23-18-15(22)9-25(21(29)24-18)20-17(32-13(4)27)16(11(2)30-20)31-12(3)26/h5-9,11,16-17,20H,1-4H3,(H,23,24,28,29)/t11-,16-,17-,20-/m1/s1. The Morgan fingerprint density at radius 1 is 1.16 bits per heavy atom. The second-order valence-corrected chi connectivity index (χ2v) is 7.33. The topological polar surface area (TPSA) is 126 Å². The van der Waals surface area contributed by atoms with Gasteiger partial charge in [0, 0.05) is 19.4 Å². The highest BCUT2D eigenvalue weighted by molar-refractivity contribution is 6.03. The third kappa shape index (κ3) is 4.99. The number of halogens is 1. The molecular formula is C21H22FN3O7. The highest BCUT2D eigenvalue weighted by Crippen LogP contribution is 2.33. The van der Waals surface area contributed by atoms with Gasteiger partial charge in [0.05, 0.1) is 12.3 Å². The van der Waals surface area contributed by atoms with Crippen molar-refractivity contribution in [1.29, 1.82) is 0 Å². The molecule has 1 amide bonds. The van der Waals surface area contributed by atoms with Gasteiger partial charge in [-0.3, -0.25) is 19.0 Å². The lowest BCUT2D eigenvalue weighted by Gasteiger charge is -2.23. The van der Waals surface area contributed by atoms with E-state index in [9.17, 15) is 23.6 Å². The van der Waals surface area contributed by atoms with Crippen molar-refractivity contribution in [2.24, 2.45) is 0 Å². The summed E-state index contributed by atoms with van der Waals surface area (Å²) >= 11 is 0. The van der Waals surface area contributed by atoms with E-state index in [4.69, 9.17) is 14.2 Å². The van der Waals surface area contributed by atoms with Crippen LogP contribution in [0.2, 0.25) is 0 Å². The number of esters is 2. The van der Waals surface area contributed by atoms with E-state index in [1.807, 2.05) is 0 Å². The van der Waals surface area contributed by atoms with E-state index >= 15 is 0 Å². The first-order valence-corrected chi connectivity index (χ1v) is 9.73. The average molecular weight is 447 g/mol. The van der Waals surface area contributed by atoms with Crippen molar-refractivity contribution in [3.05, 3.63) is 57.9 Å². The van der Waals surface area contributed by atoms with E-state index in [0.29, 0.717) is 0 Å². The number of benzene rings is 1. The Balaban J connectivity index is 1.90. The molecule has 1 aromatic heterocycles. The molecule has 4 atom stereocenters. The van der Waals surface area contributed by atoms with Crippen LogP contribution < -0.4 is 11.0 Å². The number of hydrogen-bond donors (Lipinski definition) is 1. The molecule has 0 saturated carbocycles. The first kappa shape index (κ1) is 23.1. The Bertz CT molecular complexity index is 1120. The van der Waals surface area contributed by atoms with Gasteiger partial charge in [-0.05, 0) is 26.0 Å². The average Bonchev–Trinajstić information content (AvgIpc) is 2.98. The summed E-state index contributed by atoms with van der Waals surface area (Å²) in [7, 11) is 0. The number of ether oxygens (including phenoxy) is 3. The van der Waals surface area contributed by atoms with E-state index < -0.39 is 59.7 Å². The van der Waals surface area contributed by atoms with Crippen molar-refractivity contribution >= 4 is 23.7 Å². The number of aromatic nitrogens is 2. The van der Waals surface area contributed by atoms with Gasteiger partial charge in [0.2, 0.25) is 0 Å². The van der Waals surface area contributed by atoms with Crippen LogP contribution in [0.1, 0.15) is 42.9 Å². The zero-order chi connectivity index (χ0) is 23.6. The Morgan fingerprint density at radius 2 is 1.81 bits per heavy atom. The minimum atomic E-state index is -1.30. The van der Waals surface area contributed by atoms with Gasteiger partial charge >= 0.3 is 17.6 Å². The van der Waals surface area contributed by atoms with Gasteiger partial charge in [-0.2, -0.15) is 4.98 Å². The molecule has 0 unspecified atom stereocenters. The zero-order valence-electron chi connectivity index (χ0n) is 17.8. The zero-order valence-corrected chi connectivity index (χ0v) is 17.8. The third-order valence-electron chi connectivity index (χ3n) is 4.72. The number of nitrogens with one attached hydrogen (secondary N) is 1. The molecular weight excluding hydrogens is 425 g/mol. The number of aryl methyl sites for hydroxylation is 1. The summed E-state index contributed by atoms with van der Waals surface area (Å²) in [6.07, 6.45) is -3.50. The van der Waals surface area contributed by atoms with Crippen LogP contribution in [0.4, 0.5) is 10.2 Å². The van der Waals surface area contributed by atoms with Gasteiger partial charge in [-0.25, -0.2) is 9.18 Å². The largest absolute Gasteiger partial charge is 0.456 e. The molecule has 170 valence electrons. The quantitative estimate of drug-likeness (QED) is 0.687. The lowest BCUT2D eigenvalue weighted by atomic mass is 10.1. The van der Waals surface area contributed by atoms with Crippen LogP contribution in [-0.4, -0.2) is 45.7 Å². The molecule has 1 fully saturated rings. The second-order valence-electron chi connectivity index (χ2n) is 7.33. The van der Waals surface area contributed by atoms with Crippen molar-refractivity contribution in [3.8, 4) is 0 Å². The van der Waals surface area contributed by atoms with Crippen LogP contribution in [0.3, 0.4) is 0 Å². The highest BCUT2D eigenvalue weighted by Gasteiger charge is 2.48. The summed E-state index contributed by atoms with van der Waals surface area (Å²) in [5.74, 6) is -3.58. The SMILES string of the molecule is CC(=O)O[C@@H]1[C@H](OC(C)=O)[C@@H](C)O[C@H]1n1cc(F)c(NC(=O)c2cccc(C)c2)nc1=O. The van der Waals surface area contributed by atoms with Crippen LogP contribution in [0.15, 0.2) is 35.3 Å². The van der Waals surface area contributed by atoms with Crippen LogP contribution >= 0.6 is 0 Å². The lowest BCUT2D eigenvalue weighted by molar-refractivity contribution is -0.165. The van der Waals surface area contributed by atoms with Gasteiger partial charge in [0.25, 0.3) is 5.91 Å². The van der Waals surface area contributed by atoms with E-state index in [1.54, 1.807) is 32.0 Å². The molecule has 1 aromatic carbocycles. The molecule has 1 aliphatic heterocycles. The fraction of sp³-hybridized carbons (Fsp3) is 0.381. The molecule has 1 N–H and O–H groups in total. The summed E-state index contributed by atoms with van der Waals surface area (Å²) in [6.45, 7) is 5.65. The maximum absolute atomic E-state index is 14.7. The van der Waals surface area contributed by atoms with Gasteiger partial charge in [-0.1, -0.05) is 17.7 Å². The van der Waals surface area contributed by atoms with Crippen LogP contribution in [-0.2, 0) is 23.8 Å². The number of carbonyl (C=O) groups excluding carboxylic acids is 3. The lowest BCUT2D eigenvalue weighted by Crippen LogP contribution is -2.40. The van der Waals surface area contributed by atoms with Gasteiger partial charge < -0.3 is 19.5 Å². The number of rotatable bonds is 5. The van der Waals surface area contributed by atoms with Gasteiger partial charge in [0.1, 0.15) is 0 Å². The molecule has 0 spiro atoms. The number of carbonyl (C=O) groups is 3. The number of nitrogens with zero attached hydrogens (tertiary/aromatic N) is 2. The van der Waals surface area contributed by atoms with Crippen molar-refractivity contribution in [3.63, 3.8) is 0 Å². The number of anilines is 1. The van der Waals surface area contributed by atoms with E-state index in [1.165, 1.54) is 13.0 Å². The Labute approximate surface area is 182 Å². The maximum atomic E-state index is 14.7. The van der Waals surface area contributed by atoms with Gasteiger partial charge in [-0.15, -0.1) is 0 Å². The van der Waals surface area contributed by atoms with Crippen LogP contribution in [0, 0.1) is 12.7 Å². The highest BCUT2D eigenvalue weighted by atomic mass is 19.1. The molecule has 2 heterocycles. The normalized spacial score (nSPS) is 22.3. The molecule has 0 bridgehead atoms. The first-order valence-electron chi connectivity index (χ1n) is 9.73. The molecule has 11 heteroatoms. The molecule has 0 aliphatic carbocycles. The van der Waals surface area contributed by atoms with Crippen molar-refractivity contribution in [2.45, 2.75) is 52.2 Å². The van der Waals surface area contributed by atoms with Gasteiger partial charge in [0.15, 0.2) is 30.1 Å². The maximum Gasteiger partial charge on any atom is 0.351 e. The van der Waals surface area contributed by atoms with E-state index in [0.717, 1.165) is 23.3 Å². The molecule has 32 heavy (non-hydrogen) atoms. The molecule has 10 nitrogen and oxygen atoms in total. The smallest absolute Gasteiger partial charge is 0.351 e. The number of amides is 1. The minimum absolute atomic E-state index is 0.266. The van der Waals surface area contributed by atoms with Crippen molar-refractivity contribution in [2.75, 3.05) is 5.32 Å². The predicted molar refractivity (Wildman–Crippen MR) is 108 cm³/mol. The summed E-state index contributed by atoms with van der Waals surface area (Å²) < 4.78 is 31.5. The van der Waals surface area contributed by atoms with Crippen molar-refractivity contribution in [1.82, 2.24) is 9.55 Å². The molecule has 1 saturated heterocycles. The van der Waals surface area contributed by atoms with Crippen LogP contribution in [0.25, 0.3) is 0 Å². The molecule has 0 radical (unpaired) electrons. The molecule has 3 rings (SSSR count). The second kappa shape index (κ2) is 9.27. The Kier molecular flexibility index (Phi) is 6.68. The molecule has 2 aromatic rings. The summed E-state index contributed by atoms with van der Waals surface area (Å²) in [6, 6.07) is 6.59. The predicted octanol–water partition coefficient (Wildman–Crippen LogP) is 1.72. The minimum Gasteiger partial charge on any atom is -0.456 e. The summed E-state index contributed by atoms with van der Waals surface area (Å²) in [4.78, 5) is 51.6.